The van der Waals surface area contributed by atoms with E-state index in [1.807, 2.05) is 0 Å². The Bertz CT molecular complexity index is 1180. The summed E-state index contributed by atoms with van der Waals surface area (Å²) >= 11 is 0. The molecule has 4 saturated carbocycles. The van der Waals surface area contributed by atoms with Gasteiger partial charge in [-0.3, -0.25) is 0 Å². The largest absolute Gasteiger partial charge is 0.419 e. The molecular weight excluding hydrogens is 564 g/mol. The number of aliphatic hydroxyl groups excluding tert-OH is 3. The van der Waals surface area contributed by atoms with Crippen LogP contribution in [0, 0.1) is 52.3 Å². The number of rotatable bonds is 0. The van der Waals surface area contributed by atoms with Crippen molar-refractivity contribution in [3.05, 3.63) is 0 Å². The topological polar surface area (TPSA) is 177 Å². The number of fused-ring (bicyclic) bond motifs is 2. The lowest BCUT2D eigenvalue weighted by Gasteiger charge is -2.64. The van der Waals surface area contributed by atoms with Crippen LogP contribution in [-0.2, 0) is 32.8 Å². The Balaban J connectivity index is 1.51. The van der Waals surface area contributed by atoms with Gasteiger partial charge in [-0.25, -0.2) is 8.37 Å². The Morgan fingerprint density at radius 3 is 2.02 bits per heavy atom. The molecule has 7 aliphatic rings. The van der Waals surface area contributed by atoms with Gasteiger partial charge in [-0.1, -0.05) is 40.5 Å². The van der Waals surface area contributed by atoms with Gasteiger partial charge in [0.25, 0.3) is 0 Å². The van der Waals surface area contributed by atoms with Crippen molar-refractivity contribution in [3.8, 4) is 0 Å². The highest BCUT2D eigenvalue weighted by Crippen LogP contribution is 2.69. The van der Waals surface area contributed by atoms with Crippen LogP contribution in [0.15, 0.2) is 0 Å². The second-order valence-electron chi connectivity index (χ2n) is 14.1. The molecule has 0 spiro atoms. The van der Waals surface area contributed by atoms with Crippen molar-refractivity contribution in [2.24, 2.45) is 52.3 Å². The molecule has 8 bridgehead atoms. The van der Waals surface area contributed by atoms with Crippen LogP contribution in [0.25, 0.3) is 0 Å². The highest BCUT2D eigenvalue weighted by Gasteiger charge is 2.67. The van der Waals surface area contributed by atoms with Crippen LogP contribution in [-0.4, -0.2) is 61.5 Å². The Morgan fingerprint density at radius 1 is 0.725 bits per heavy atom. The molecule has 0 aromatic carbocycles. The standard InChI is InChI=1S/C27H46O11S2/c1-15-6-5-7-16(2)24(30)36-39(32,33)38-40(34,35)37-27(31)13-12-26(4)19-10-11-25(3)17(15)8-9-18(25)22(19)21(28)14-20(26)23(27)29/h15-24,28-31H,5-14H2,1-4H3/t15-,16-,17-,18-,19-,20-,21+,22+,23+,24?,25+,26-,27+/m0/s1. The molecule has 1 unspecified atom stereocenters. The fourth-order valence-corrected chi connectivity index (χ4v) is 12.0. The van der Waals surface area contributed by atoms with Crippen LogP contribution in [0.1, 0.15) is 91.9 Å². The lowest BCUT2D eigenvalue weighted by atomic mass is 9.43. The Hall–Kier alpha value is -0.380. The lowest BCUT2D eigenvalue weighted by molar-refractivity contribution is -0.288. The number of hydrogen-bond donors (Lipinski definition) is 4. The van der Waals surface area contributed by atoms with E-state index < -0.39 is 62.3 Å². The Morgan fingerprint density at radius 2 is 1.32 bits per heavy atom. The van der Waals surface area contributed by atoms with Crippen molar-refractivity contribution in [1.82, 2.24) is 0 Å². The SMILES string of the molecule is C[C@H]1CCC[C@H](C)[C@@H]2CC[C@H]3[C@H]4[C@H](O)C[C@H]5[C@@H](O)[C@@](O)(CC[C@@]5(C)[C@H]4CC[C@@]32C)OS(=O)(=O)OS(=O)(=O)OC1O. The maximum atomic E-state index is 12.6. The molecule has 3 saturated heterocycles. The third-order valence-corrected chi connectivity index (χ3v) is 14.3. The molecule has 0 aromatic rings. The molecule has 0 aromatic heterocycles. The van der Waals surface area contributed by atoms with Gasteiger partial charge in [-0.15, -0.1) is 3.63 Å². The highest BCUT2D eigenvalue weighted by atomic mass is 32.3. The van der Waals surface area contributed by atoms with Crippen molar-refractivity contribution in [2.75, 3.05) is 0 Å². The number of aliphatic hydroxyl groups is 4. The zero-order chi connectivity index (χ0) is 29.5. The molecule has 11 nitrogen and oxygen atoms in total. The van der Waals surface area contributed by atoms with Gasteiger partial charge in [0, 0.05) is 12.3 Å². The molecule has 3 heterocycles. The molecular formula is C27H46O11S2. The van der Waals surface area contributed by atoms with Gasteiger partial charge in [0.2, 0.25) is 5.79 Å². The maximum absolute atomic E-state index is 12.6. The lowest BCUT2D eigenvalue weighted by Crippen LogP contribution is -2.66. The van der Waals surface area contributed by atoms with Gasteiger partial charge in [0.1, 0.15) is 6.10 Å². The van der Waals surface area contributed by atoms with Gasteiger partial charge in [-0.2, -0.15) is 16.8 Å². The summed E-state index contributed by atoms with van der Waals surface area (Å²) in [5.74, 6) is -2.63. The minimum Gasteiger partial charge on any atom is -0.393 e. The summed E-state index contributed by atoms with van der Waals surface area (Å²) in [6, 6.07) is 0. The first-order valence-electron chi connectivity index (χ1n) is 14.8. The Kier molecular flexibility index (Phi) is 8.05. The summed E-state index contributed by atoms with van der Waals surface area (Å²) in [5.41, 5.74) is -0.415. The van der Waals surface area contributed by atoms with Crippen molar-refractivity contribution in [1.29, 1.82) is 0 Å². The summed E-state index contributed by atoms with van der Waals surface area (Å²) in [4.78, 5) is 0. The van der Waals surface area contributed by atoms with E-state index in [1.54, 1.807) is 6.92 Å². The van der Waals surface area contributed by atoms with E-state index in [2.05, 4.69) is 28.6 Å². The quantitative estimate of drug-likeness (QED) is 0.317. The molecule has 232 valence electrons. The van der Waals surface area contributed by atoms with Crippen molar-refractivity contribution in [3.63, 3.8) is 0 Å². The molecule has 13 atom stereocenters. The van der Waals surface area contributed by atoms with Crippen LogP contribution in [0.5, 0.6) is 0 Å². The predicted molar refractivity (Wildman–Crippen MR) is 142 cm³/mol. The molecule has 13 heteroatoms. The molecule has 3 aliphatic heterocycles. The highest BCUT2D eigenvalue weighted by molar-refractivity contribution is 7.95. The molecule has 4 aliphatic carbocycles. The smallest absolute Gasteiger partial charge is 0.393 e. The second kappa shape index (κ2) is 10.4. The van der Waals surface area contributed by atoms with Gasteiger partial charge < -0.3 is 20.4 Å². The average molecular weight is 611 g/mol. The second-order valence-corrected chi connectivity index (χ2v) is 16.6. The monoisotopic (exact) mass is 610 g/mol. The van der Waals surface area contributed by atoms with Crippen LogP contribution in [0.2, 0.25) is 0 Å². The van der Waals surface area contributed by atoms with Crippen LogP contribution < -0.4 is 0 Å². The van der Waals surface area contributed by atoms with Gasteiger partial charge >= 0.3 is 20.8 Å². The first-order chi connectivity index (χ1) is 18.4. The van der Waals surface area contributed by atoms with E-state index in [9.17, 15) is 37.3 Å². The number of hydrogen-bond acceptors (Lipinski definition) is 11. The first-order valence-corrected chi connectivity index (χ1v) is 17.5. The van der Waals surface area contributed by atoms with E-state index >= 15 is 0 Å². The summed E-state index contributed by atoms with van der Waals surface area (Å²) in [5, 5.41) is 44.4. The fourth-order valence-electron chi connectivity index (χ4n) is 9.93. The van der Waals surface area contributed by atoms with Crippen molar-refractivity contribution < 1.29 is 49.3 Å². The van der Waals surface area contributed by atoms with Crippen LogP contribution in [0.4, 0.5) is 0 Å². The van der Waals surface area contributed by atoms with E-state index in [-0.39, 0.29) is 30.1 Å². The van der Waals surface area contributed by atoms with Gasteiger partial charge in [0.05, 0.1) is 6.10 Å². The zero-order valence-corrected chi connectivity index (χ0v) is 25.4. The van der Waals surface area contributed by atoms with E-state index in [0.29, 0.717) is 30.6 Å². The third kappa shape index (κ3) is 5.19. The van der Waals surface area contributed by atoms with Crippen LogP contribution >= 0.6 is 0 Å². The maximum Gasteiger partial charge on any atom is 0.419 e. The van der Waals surface area contributed by atoms with E-state index in [1.165, 1.54) is 0 Å². The van der Waals surface area contributed by atoms with Crippen molar-refractivity contribution in [2.45, 2.75) is 116 Å². The summed E-state index contributed by atoms with van der Waals surface area (Å²) < 4.78 is 63.5. The minimum atomic E-state index is -5.43. The molecule has 4 N–H and O–H groups in total. The molecule has 7 fully saturated rings. The van der Waals surface area contributed by atoms with Crippen molar-refractivity contribution >= 4 is 20.8 Å². The predicted octanol–water partition coefficient (Wildman–Crippen LogP) is 2.59. The van der Waals surface area contributed by atoms with Gasteiger partial charge in [0.15, 0.2) is 6.29 Å². The molecule has 40 heavy (non-hydrogen) atoms. The van der Waals surface area contributed by atoms with E-state index in [4.69, 9.17) is 4.18 Å². The molecule has 7 rings (SSSR count). The van der Waals surface area contributed by atoms with Crippen LogP contribution in [0.3, 0.4) is 0 Å². The molecule has 0 radical (unpaired) electrons. The van der Waals surface area contributed by atoms with E-state index in [0.717, 1.165) is 38.5 Å². The summed E-state index contributed by atoms with van der Waals surface area (Å²) in [6.45, 7) is 8.28. The third-order valence-electron chi connectivity index (χ3n) is 12.0. The minimum absolute atomic E-state index is 0.0478. The zero-order valence-electron chi connectivity index (χ0n) is 23.8. The van der Waals surface area contributed by atoms with Gasteiger partial charge in [-0.05, 0) is 91.3 Å². The first kappa shape index (κ1) is 31.1. The normalized spacial score (nSPS) is 54.8. The average Bonchev–Trinajstić information content (AvgIpc) is 3.18. The fraction of sp³-hybridized carbons (Fsp3) is 1.00. The molecule has 0 amide bonds. The summed E-state index contributed by atoms with van der Waals surface area (Å²) in [6.07, 6.45) is 1.96. The summed E-state index contributed by atoms with van der Waals surface area (Å²) in [7, 11) is -10.7. The Labute approximate surface area is 238 Å².